The lowest BCUT2D eigenvalue weighted by atomic mass is 9.94. The molecule has 0 spiro atoms. The summed E-state index contributed by atoms with van der Waals surface area (Å²) >= 11 is 3.71. The van der Waals surface area contributed by atoms with Crippen LogP contribution in [0.2, 0.25) is 0 Å². The number of rotatable bonds is 0. The van der Waals surface area contributed by atoms with Gasteiger partial charge in [-0.15, -0.1) is 0 Å². The highest BCUT2D eigenvalue weighted by molar-refractivity contribution is 9.10. The van der Waals surface area contributed by atoms with Gasteiger partial charge in [0.05, 0.1) is 0 Å². The lowest BCUT2D eigenvalue weighted by molar-refractivity contribution is 1.59. The van der Waals surface area contributed by atoms with E-state index in [0.717, 1.165) is 4.47 Å². The quantitative estimate of drug-likeness (QED) is 0.266. The molecule has 4 aromatic rings. The van der Waals surface area contributed by atoms with Crippen molar-refractivity contribution in [3.63, 3.8) is 0 Å². The van der Waals surface area contributed by atoms with Crippen LogP contribution in [0.3, 0.4) is 0 Å². The predicted octanol–water partition coefficient (Wildman–Crippen LogP) is 6.22. The Labute approximate surface area is 126 Å². The number of hydrogen-bond acceptors (Lipinski definition) is 0. The molecule has 0 unspecified atom stereocenters. The zero-order chi connectivity index (χ0) is 13.7. The summed E-state index contributed by atoms with van der Waals surface area (Å²) in [5, 5.41) is 7.89. The molecule has 0 fully saturated rings. The molecular weight excluding hydrogens is 308 g/mol. The SMILES string of the molecule is Cc1c2ccccc2cc2c1ccc1cccc(Br)c12. The molecule has 0 saturated carbocycles. The molecule has 96 valence electrons. The Hall–Kier alpha value is -1.86. The van der Waals surface area contributed by atoms with Crippen LogP contribution in [0.15, 0.2) is 65.1 Å². The van der Waals surface area contributed by atoms with E-state index in [4.69, 9.17) is 0 Å². The number of benzene rings is 4. The highest BCUT2D eigenvalue weighted by Gasteiger charge is 2.08. The van der Waals surface area contributed by atoms with E-state index < -0.39 is 0 Å². The fraction of sp³-hybridized carbons (Fsp3) is 0.0526. The lowest BCUT2D eigenvalue weighted by Gasteiger charge is -2.11. The summed E-state index contributed by atoms with van der Waals surface area (Å²) < 4.78 is 1.16. The van der Waals surface area contributed by atoms with Crippen molar-refractivity contribution in [1.29, 1.82) is 0 Å². The molecule has 1 heteroatoms. The van der Waals surface area contributed by atoms with E-state index in [1.807, 2.05) is 0 Å². The fourth-order valence-corrected chi connectivity index (χ4v) is 3.70. The Morgan fingerprint density at radius 1 is 0.700 bits per heavy atom. The van der Waals surface area contributed by atoms with Gasteiger partial charge in [0.2, 0.25) is 0 Å². The molecule has 0 atom stereocenters. The molecule has 0 aromatic heterocycles. The monoisotopic (exact) mass is 320 g/mol. The van der Waals surface area contributed by atoms with Crippen molar-refractivity contribution in [2.75, 3.05) is 0 Å². The second-order valence-corrected chi connectivity index (χ2v) is 6.08. The van der Waals surface area contributed by atoms with Crippen LogP contribution in [0.5, 0.6) is 0 Å². The van der Waals surface area contributed by atoms with Crippen LogP contribution < -0.4 is 0 Å². The van der Waals surface area contributed by atoms with Crippen molar-refractivity contribution >= 4 is 48.2 Å². The normalized spacial score (nSPS) is 11.5. The van der Waals surface area contributed by atoms with Crippen LogP contribution in [-0.4, -0.2) is 0 Å². The third-order valence-corrected chi connectivity index (χ3v) is 4.76. The Kier molecular flexibility index (Phi) is 2.58. The second-order valence-electron chi connectivity index (χ2n) is 5.22. The molecule has 4 rings (SSSR count). The first-order chi connectivity index (χ1) is 9.75. The van der Waals surface area contributed by atoms with Crippen LogP contribution in [0.1, 0.15) is 5.56 Å². The molecular formula is C19H13Br. The predicted molar refractivity (Wildman–Crippen MR) is 91.4 cm³/mol. The van der Waals surface area contributed by atoms with Gasteiger partial charge in [-0.25, -0.2) is 0 Å². The highest BCUT2D eigenvalue weighted by atomic mass is 79.9. The van der Waals surface area contributed by atoms with E-state index in [-0.39, 0.29) is 0 Å². The van der Waals surface area contributed by atoms with Crippen LogP contribution in [0, 0.1) is 6.92 Å². The Balaban J connectivity index is 2.34. The third-order valence-electron chi connectivity index (χ3n) is 4.10. The minimum Gasteiger partial charge on any atom is -0.0616 e. The first kappa shape index (κ1) is 11.9. The molecule has 0 aliphatic heterocycles. The Morgan fingerprint density at radius 2 is 1.50 bits per heavy atom. The highest BCUT2D eigenvalue weighted by Crippen LogP contribution is 2.35. The first-order valence-electron chi connectivity index (χ1n) is 6.75. The summed E-state index contributed by atoms with van der Waals surface area (Å²) in [7, 11) is 0. The van der Waals surface area contributed by atoms with Gasteiger partial charge in [-0.3, -0.25) is 0 Å². The van der Waals surface area contributed by atoms with Crippen molar-refractivity contribution in [1.82, 2.24) is 0 Å². The van der Waals surface area contributed by atoms with Gasteiger partial charge in [0, 0.05) is 9.86 Å². The minimum atomic E-state index is 1.16. The Morgan fingerprint density at radius 3 is 2.40 bits per heavy atom. The average molecular weight is 321 g/mol. The average Bonchev–Trinajstić information content (AvgIpc) is 2.47. The van der Waals surface area contributed by atoms with E-state index in [1.165, 1.54) is 37.9 Å². The number of hydrogen-bond donors (Lipinski definition) is 0. The van der Waals surface area contributed by atoms with Gasteiger partial charge < -0.3 is 0 Å². The van der Waals surface area contributed by atoms with E-state index in [2.05, 4.69) is 83.5 Å². The first-order valence-corrected chi connectivity index (χ1v) is 7.54. The maximum atomic E-state index is 3.71. The zero-order valence-electron chi connectivity index (χ0n) is 11.2. The second kappa shape index (κ2) is 4.32. The molecule has 0 saturated heterocycles. The Bertz CT molecular complexity index is 967. The van der Waals surface area contributed by atoms with Gasteiger partial charge in [0.1, 0.15) is 0 Å². The van der Waals surface area contributed by atoms with Crippen molar-refractivity contribution < 1.29 is 0 Å². The molecule has 0 N–H and O–H groups in total. The summed E-state index contributed by atoms with van der Waals surface area (Å²) in [6.07, 6.45) is 0. The van der Waals surface area contributed by atoms with Crippen molar-refractivity contribution in [2.24, 2.45) is 0 Å². The minimum absolute atomic E-state index is 1.16. The van der Waals surface area contributed by atoms with E-state index in [0.29, 0.717) is 0 Å². The van der Waals surface area contributed by atoms with Gasteiger partial charge in [-0.05, 0) is 51.6 Å². The van der Waals surface area contributed by atoms with Crippen molar-refractivity contribution in [2.45, 2.75) is 6.92 Å². The molecule has 0 bridgehead atoms. The van der Waals surface area contributed by atoms with Crippen molar-refractivity contribution in [3.8, 4) is 0 Å². The summed E-state index contributed by atoms with van der Waals surface area (Å²) in [6.45, 7) is 2.22. The molecule has 0 nitrogen and oxygen atoms in total. The summed E-state index contributed by atoms with van der Waals surface area (Å²) in [5.74, 6) is 0. The molecule has 0 amide bonds. The number of aryl methyl sites for hydroxylation is 1. The molecule has 0 heterocycles. The molecule has 20 heavy (non-hydrogen) atoms. The maximum absolute atomic E-state index is 3.71. The largest absolute Gasteiger partial charge is 0.0616 e. The smallest absolute Gasteiger partial charge is 0.0259 e. The van der Waals surface area contributed by atoms with Crippen LogP contribution >= 0.6 is 15.9 Å². The van der Waals surface area contributed by atoms with Crippen LogP contribution in [-0.2, 0) is 0 Å². The van der Waals surface area contributed by atoms with E-state index >= 15 is 0 Å². The summed E-state index contributed by atoms with van der Waals surface area (Å²) in [6, 6.07) is 21.8. The molecule has 0 radical (unpaired) electrons. The van der Waals surface area contributed by atoms with Crippen LogP contribution in [0.4, 0.5) is 0 Å². The van der Waals surface area contributed by atoms with Gasteiger partial charge in [0.25, 0.3) is 0 Å². The zero-order valence-corrected chi connectivity index (χ0v) is 12.7. The summed E-state index contributed by atoms with van der Waals surface area (Å²) in [4.78, 5) is 0. The third kappa shape index (κ3) is 1.60. The standard InChI is InChI=1S/C19H13Br/c1-12-15-7-3-2-5-14(15)11-17-16(12)10-9-13-6-4-8-18(20)19(13)17/h2-11H,1H3. The molecule has 0 aliphatic rings. The van der Waals surface area contributed by atoms with E-state index in [1.54, 1.807) is 0 Å². The number of halogens is 1. The van der Waals surface area contributed by atoms with Gasteiger partial charge in [-0.1, -0.05) is 64.5 Å². The number of fused-ring (bicyclic) bond motifs is 4. The van der Waals surface area contributed by atoms with Crippen LogP contribution in [0.25, 0.3) is 32.3 Å². The fourth-order valence-electron chi connectivity index (χ4n) is 3.10. The van der Waals surface area contributed by atoms with Gasteiger partial charge in [0.15, 0.2) is 0 Å². The van der Waals surface area contributed by atoms with Crippen molar-refractivity contribution in [3.05, 3.63) is 70.7 Å². The van der Waals surface area contributed by atoms with Gasteiger partial charge >= 0.3 is 0 Å². The van der Waals surface area contributed by atoms with Gasteiger partial charge in [-0.2, -0.15) is 0 Å². The molecule has 4 aromatic carbocycles. The summed E-state index contributed by atoms with van der Waals surface area (Å²) in [5.41, 5.74) is 1.36. The molecule has 0 aliphatic carbocycles. The maximum Gasteiger partial charge on any atom is 0.0259 e. The lowest BCUT2D eigenvalue weighted by Crippen LogP contribution is -1.85. The topological polar surface area (TPSA) is 0 Å². The van der Waals surface area contributed by atoms with E-state index in [9.17, 15) is 0 Å².